The van der Waals surface area contributed by atoms with Crippen molar-refractivity contribution in [2.24, 2.45) is 0 Å². The van der Waals surface area contributed by atoms with Crippen LogP contribution in [0.5, 0.6) is 0 Å². The SMILES string of the molecule is O=C(Nc1ccc2nc(-c3cccc(C(F)(F)F)c3)[nH]c2c1)c1ccc([N+](=O)[O-])cc1. The molecule has 156 valence electrons. The molecule has 4 aromatic rings. The number of amides is 1. The van der Waals surface area contributed by atoms with Gasteiger partial charge in [-0.05, 0) is 42.5 Å². The van der Waals surface area contributed by atoms with Crippen LogP contribution in [0.2, 0.25) is 0 Å². The molecule has 0 atom stereocenters. The molecule has 0 saturated heterocycles. The van der Waals surface area contributed by atoms with Crippen LogP contribution < -0.4 is 5.32 Å². The Morgan fingerprint density at radius 1 is 1.03 bits per heavy atom. The summed E-state index contributed by atoms with van der Waals surface area (Å²) in [6.07, 6.45) is -4.46. The molecule has 0 spiro atoms. The minimum absolute atomic E-state index is 0.127. The van der Waals surface area contributed by atoms with Crippen molar-refractivity contribution >= 4 is 28.3 Å². The van der Waals surface area contributed by atoms with E-state index in [-0.39, 0.29) is 22.6 Å². The van der Waals surface area contributed by atoms with E-state index in [9.17, 15) is 28.1 Å². The largest absolute Gasteiger partial charge is 0.416 e. The Morgan fingerprint density at radius 3 is 2.45 bits per heavy atom. The lowest BCUT2D eigenvalue weighted by molar-refractivity contribution is -0.384. The number of hydrogen-bond donors (Lipinski definition) is 2. The maximum Gasteiger partial charge on any atom is 0.416 e. The summed E-state index contributed by atoms with van der Waals surface area (Å²) >= 11 is 0. The number of nitrogens with one attached hydrogen (secondary N) is 2. The summed E-state index contributed by atoms with van der Waals surface area (Å²) in [7, 11) is 0. The molecule has 2 N–H and O–H groups in total. The molecule has 0 aliphatic rings. The third-order valence-electron chi connectivity index (χ3n) is 4.54. The molecule has 0 saturated carbocycles. The monoisotopic (exact) mass is 426 g/mol. The fraction of sp³-hybridized carbons (Fsp3) is 0.0476. The Bertz CT molecular complexity index is 1300. The van der Waals surface area contributed by atoms with Crippen LogP contribution in [0.4, 0.5) is 24.5 Å². The van der Waals surface area contributed by atoms with Gasteiger partial charge in [-0.15, -0.1) is 0 Å². The second-order valence-corrected chi connectivity index (χ2v) is 6.65. The number of aromatic amines is 1. The zero-order valence-electron chi connectivity index (χ0n) is 15.6. The highest BCUT2D eigenvalue weighted by Crippen LogP contribution is 2.32. The molecule has 0 radical (unpaired) electrons. The smallest absolute Gasteiger partial charge is 0.338 e. The number of non-ortho nitro benzene ring substituents is 1. The van der Waals surface area contributed by atoms with E-state index >= 15 is 0 Å². The first-order valence-corrected chi connectivity index (χ1v) is 8.94. The summed E-state index contributed by atoms with van der Waals surface area (Å²) < 4.78 is 38.9. The highest BCUT2D eigenvalue weighted by atomic mass is 19.4. The maximum absolute atomic E-state index is 13.0. The fourth-order valence-electron chi connectivity index (χ4n) is 3.00. The average Bonchev–Trinajstić information content (AvgIpc) is 3.17. The molecule has 1 heterocycles. The third-order valence-corrected chi connectivity index (χ3v) is 4.54. The standard InChI is InChI=1S/C21H13F3N4O3/c22-21(23,24)14-3-1-2-13(10-14)19-26-17-9-6-15(11-18(17)27-19)25-20(29)12-4-7-16(8-5-12)28(30)31/h1-11H,(H,25,29)(H,26,27). The van der Waals surface area contributed by atoms with Gasteiger partial charge >= 0.3 is 6.18 Å². The molecule has 1 amide bonds. The number of carbonyl (C=O) groups is 1. The lowest BCUT2D eigenvalue weighted by atomic mass is 10.1. The van der Waals surface area contributed by atoms with E-state index in [4.69, 9.17) is 0 Å². The van der Waals surface area contributed by atoms with E-state index in [0.717, 1.165) is 12.1 Å². The Labute approximate surface area is 172 Å². The predicted octanol–water partition coefficient (Wildman–Crippen LogP) is 5.41. The number of fused-ring (bicyclic) bond motifs is 1. The normalized spacial score (nSPS) is 11.5. The molecular formula is C21H13F3N4O3. The zero-order chi connectivity index (χ0) is 22.2. The predicted molar refractivity (Wildman–Crippen MR) is 108 cm³/mol. The summed E-state index contributed by atoms with van der Waals surface area (Å²) in [5.74, 6) is -0.202. The lowest BCUT2D eigenvalue weighted by Crippen LogP contribution is -2.11. The summed E-state index contributed by atoms with van der Waals surface area (Å²) in [6.45, 7) is 0. The van der Waals surface area contributed by atoms with Crippen LogP contribution in [0.3, 0.4) is 0 Å². The Morgan fingerprint density at radius 2 is 1.77 bits per heavy atom. The van der Waals surface area contributed by atoms with E-state index in [0.29, 0.717) is 16.7 Å². The Hall–Kier alpha value is -4.21. The highest BCUT2D eigenvalue weighted by molar-refractivity contribution is 6.05. The molecule has 7 nitrogen and oxygen atoms in total. The molecule has 31 heavy (non-hydrogen) atoms. The molecular weight excluding hydrogens is 413 g/mol. The molecule has 0 unspecified atom stereocenters. The van der Waals surface area contributed by atoms with Crippen molar-refractivity contribution in [3.63, 3.8) is 0 Å². The van der Waals surface area contributed by atoms with Crippen LogP contribution >= 0.6 is 0 Å². The number of nitrogens with zero attached hydrogens (tertiary/aromatic N) is 2. The van der Waals surface area contributed by atoms with Crippen molar-refractivity contribution in [1.82, 2.24) is 9.97 Å². The van der Waals surface area contributed by atoms with Gasteiger partial charge < -0.3 is 10.3 Å². The summed E-state index contributed by atoms with van der Waals surface area (Å²) in [5, 5.41) is 13.4. The Kier molecular flexibility index (Phi) is 4.90. The van der Waals surface area contributed by atoms with E-state index in [1.54, 1.807) is 18.2 Å². The van der Waals surface area contributed by atoms with Gasteiger partial charge in [0.25, 0.3) is 11.6 Å². The summed E-state index contributed by atoms with van der Waals surface area (Å²) in [5.41, 5.74) is 1.08. The van der Waals surface area contributed by atoms with E-state index in [1.807, 2.05) is 0 Å². The molecule has 0 aliphatic carbocycles. The van der Waals surface area contributed by atoms with Crippen molar-refractivity contribution in [3.05, 3.63) is 88.0 Å². The quantitative estimate of drug-likeness (QED) is 0.337. The Balaban J connectivity index is 1.58. The number of benzene rings is 3. The molecule has 0 fully saturated rings. The lowest BCUT2D eigenvalue weighted by Gasteiger charge is -2.07. The molecule has 3 aromatic carbocycles. The summed E-state index contributed by atoms with van der Waals surface area (Å²) in [6, 6.07) is 14.8. The van der Waals surface area contributed by atoms with Crippen LogP contribution in [0, 0.1) is 10.1 Å². The number of nitro benzene ring substituents is 1. The second kappa shape index (κ2) is 7.56. The first-order chi connectivity index (χ1) is 14.7. The number of nitro groups is 1. The number of halogens is 3. The molecule has 0 aliphatic heterocycles. The van der Waals surface area contributed by atoms with Gasteiger partial charge in [0.2, 0.25) is 0 Å². The second-order valence-electron chi connectivity index (χ2n) is 6.65. The summed E-state index contributed by atoms with van der Waals surface area (Å²) in [4.78, 5) is 29.8. The molecule has 4 rings (SSSR count). The number of hydrogen-bond acceptors (Lipinski definition) is 4. The van der Waals surface area contributed by atoms with Gasteiger partial charge in [-0.1, -0.05) is 12.1 Å². The zero-order valence-corrected chi connectivity index (χ0v) is 15.6. The van der Waals surface area contributed by atoms with Gasteiger partial charge in [0.1, 0.15) is 5.82 Å². The van der Waals surface area contributed by atoms with Crippen molar-refractivity contribution in [1.29, 1.82) is 0 Å². The van der Waals surface area contributed by atoms with Gasteiger partial charge in [0.05, 0.1) is 21.5 Å². The molecule has 0 bridgehead atoms. The average molecular weight is 426 g/mol. The van der Waals surface area contributed by atoms with Crippen molar-refractivity contribution in [2.45, 2.75) is 6.18 Å². The molecule has 10 heteroatoms. The number of alkyl halides is 3. The first kappa shape index (κ1) is 20.1. The fourth-order valence-corrected chi connectivity index (χ4v) is 3.00. The molecule has 1 aromatic heterocycles. The van der Waals surface area contributed by atoms with Crippen LogP contribution in [0.1, 0.15) is 15.9 Å². The highest BCUT2D eigenvalue weighted by Gasteiger charge is 2.30. The first-order valence-electron chi connectivity index (χ1n) is 8.94. The van der Waals surface area contributed by atoms with Gasteiger partial charge in [0.15, 0.2) is 0 Å². The number of anilines is 1. The van der Waals surface area contributed by atoms with Crippen molar-refractivity contribution in [2.75, 3.05) is 5.32 Å². The minimum Gasteiger partial charge on any atom is -0.338 e. The number of imidazole rings is 1. The van der Waals surface area contributed by atoms with Gasteiger partial charge in [-0.25, -0.2) is 4.98 Å². The van der Waals surface area contributed by atoms with Crippen LogP contribution in [0.15, 0.2) is 66.7 Å². The van der Waals surface area contributed by atoms with E-state index in [1.165, 1.54) is 36.4 Å². The third kappa shape index (κ3) is 4.22. The maximum atomic E-state index is 13.0. The number of aromatic nitrogens is 2. The van der Waals surface area contributed by atoms with Crippen LogP contribution in [0.25, 0.3) is 22.4 Å². The topological polar surface area (TPSA) is 101 Å². The van der Waals surface area contributed by atoms with E-state index < -0.39 is 22.6 Å². The minimum atomic E-state index is -4.46. The van der Waals surface area contributed by atoms with Gasteiger partial charge in [-0.3, -0.25) is 14.9 Å². The van der Waals surface area contributed by atoms with E-state index in [2.05, 4.69) is 15.3 Å². The van der Waals surface area contributed by atoms with Gasteiger partial charge in [-0.2, -0.15) is 13.2 Å². The number of rotatable bonds is 4. The van der Waals surface area contributed by atoms with Crippen LogP contribution in [-0.4, -0.2) is 20.8 Å². The number of carbonyl (C=O) groups excluding carboxylic acids is 1. The number of H-pyrrole nitrogens is 1. The van der Waals surface area contributed by atoms with Crippen molar-refractivity contribution in [3.8, 4) is 11.4 Å². The van der Waals surface area contributed by atoms with Crippen molar-refractivity contribution < 1.29 is 22.9 Å². The van der Waals surface area contributed by atoms with Gasteiger partial charge in [0, 0.05) is 28.9 Å². The van der Waals surface area contributed by atoms with Crippen LogP contribution in [-0.2, 0) is 6.18 Å².